The van der Waals surface area contributed by atoms with Crippen LogP contribution in [-0.4, -0.2) is 31.1 Å². The quantitative estimate of drug-likeness (QED) is 0.697. The maximum absolute atomic E-state index is 12.3. The molecule has 0 saturated carbocycles. The minimum absolute atomic E-state index is 0.107. The van der Waals surface area contributed by atoms with Crippen LogP contribution in [0.1, 0.15) is 50.8 Å². The van der Waals surface area contributed by atoms with Gasteiger partial charge in [0.15, 0.2) is 6.61 Å². The molecule has 0 fully saturated rings. The predicted molar refractivity (Wildman–Crippen MR) is 112 cm³/mol. The van der Waals surface area contributed by atoms with Crippen LogP contribution in [0.25, 0.3) is 0 Å². The Morgan fingerprint density at radius 2 is 1.90 bits per heavy atom. The van der Waals surface area contributed by atoms with E-state index in [1.807, 2.05) is 32.0 Å². The number of hydrogen-bond donors (Lipinski definition) is 1. The van der Waals surface area contributed by atoms with Gasteiger partial charge in [0.05, 0.1) is 18.6 Å². The normalized spacial score (nSPS) is 12.4. The topological polar surface area (TPSA) is 81.7 Å². The molecule has 1 amide bonds. The van der Waals surface area contributed by atoms with Crippen LogP contribution in [0.3, 0.4) is 0 Å². The molecule has 1 aromatic heterocycles. The molecule has 1 aromatic carbocycles. The van der Waals surface area contributed by atoms with Gasteiger partial charge in [-0.15, -0.1) is 11.3 Å². The minimum atomic E-state index is -0.470. The lowest BCUT2D eigenvalue weighted by Crippen LogP contribution is -2.22. The van der Waals surface area contributed by atoms with Crippen molar-refractivity contribution in [3.8, 4) is 0 Å². The lowest BCUT2D eigenvalue weighted by Gasteiger charge is -2.09. The average Bonchev–Trinajstić information content (AvgIpc) is 3.24. The molecule has 3 rings (SSSR count). The largest absolute Gasteiger partial charge is 0.462 e. The number of amides is 1. The van der Waals surface area contributed by atoms with E-state index < -0.39 is 24.5 Å². The fourth-order valence-corrected chi connectivity index (χ4v) is 4.65. The van der Waals surface area contributed by atoms with Gasteiger partial charge in [-0.1, -0.05) is 18.2 Å². The Kier molecular flexibility index (Phi) is 6.69. The van der Waals surface area contributed by atoms with Crippen LogP contribution < -0.4 is 5.32 Å². The van der Waals surface area contributed by atoms with E-state index >= 15 is 0 Å². The molecular weight excluding hydrogens is 390 g/mol. The summed E-state index contributed by atoms with van der Waals surface area (Å²) >= 11 is 1.40. The molecular formula is C22H25NO5S. The van der Waals surface area contributed by atoms with Gasteiger partial charge in [-0.3, -0.25) is 9.59 Å². The summed E-state index contributed by atoms with van der Waals surface area (Å²) in [6, 6.07) is 5.77. The Balaban J connectivity index is 1.59. The molecule has 1 aliphatic carbocycles. The van der Waals surface area contributed by atoms with Crippen LogP contribution in [0, 0.1) is 13.8 Å². The van der Waals surface area contributed by atoms with E-state index in [9.17, 15) is 14.4 Å². The monoisotopic (exact) mass is 415 g/mol. The number of benzene rings is 1. The third-order valence-electron chi connectivity index (χ3n) is 4.94. The number of esters is 2. The standard InChI is InChI=1S/C22H25NO5S/c1-4-27-22(26)20-16-6-5-7-17(16)29-21(20)23-18(24)12-28-19(25)11-15-9-8-13(2)14(3)10-15/h8-10H,4-7,11-12H2,1-3H3,(H,23,24). The van der Waals surface area contributed by atoms with E-state index in [0.29, 0.717) is 10.6 Å². The van der Waals surface area contributed by atoms with Crippen molar-refractivity contribution in [2.45, 2.75) is 46.5 Å². The Morgan fingerprint density at radius 1 is 1.10 bits per heavy atom. The molecule has 0 saturated heterocycles. The van der Waals surface area contributed by atoms with E-state index in [2.05, 4.69) is 5.32 Å². The van der Waals surface area contributed by atoms with Crippen LogP contribution in [-0.2, 0) is 38.3 Å². The fraction of sp³-hybridized carbons (Fsp3) is 0.409. The molecule has 0 atom stereocenters. The molecule has 7 heteroatoms. The van der Waals surface area contributed by atoms with Crippen molar-refractivity contribution in [3.05, 3.63) is 50.9 Å². The fourth-order valence-electron chi connectivity index (χ4n) is 3.35. The summed E-state index contributed by atoms with van der Waals surface area (Å²) in [5.74, 6) is -1.36. The maximum atomic E-state index is 12.3. The van der Waals surface area contributed by atoms with Crippen LogP contribution in [0.4, 0.5) is 5.00 Å². The molecule has 0 bridgehead atoms. The van der Waals surface area contributed by atoms with Crippen molar-refractivity contribution in [1.29, 1.82) is 0 Å². The van der Waals surface area contributed by atoms with Gasteiger partial charge in [-0.25, -0.2) is 4.79 Å². The van der Waals surface area contributed by atoms with Crippen molar-refractivity contribution < 1.29 is 23.9 Å². The Hall–Kier alpha value is -2.67. The van der Waals surface area contributed by atoms with Crippen molar-refractivity contribution in [1.82, 2.24) is 0 Å². The Bertz CT molecular complexity index is 947. The first kappa shape index (κ1) is 21.0. The summed E-state index contributed by atoms with van der Waals surface area (Å²) < 4.78 is 10.3. The Labute approximate surface area is 174 Å². The van der Waals surface area contributed by atoms with Gasteiger partial charge in [-0.05, 0) is 62.3 Å². The van der Waals surface area contributed by atoms with E-state index in [1.165, 1.54) is 11.3 Å². The van der Waals surface area contributed by atoms with Crippen molar-refractivity contribution >= 4 is 34.2 Å². The zero-order valence-corrected chi connectivity index (χ0v) is 17.7. The van der Waals surface area contributed by atoms with E-state index in [0.717, 1.165) is 46.4 Å². The van der Waals surface area contributed by atoms with Crippen LogP contribution in [0.2, 0.25) is 0 Å². The number of thiophene rings is 1. The maximum Gasteiger partial charge on any atom is 0.341 e. The van der Waals surface area contributed by atoms with Crippen molar-refractivity contribution in [2.24, 2.45) is 0 Å². The van der Waals surface area contributed by atoms with Crippen LogP contribution >= 0.6 is 11.3 Å². The number of nitrogens with one attached hydrogen (secondary N) is 1. The zero-order valence-electron chi connectivity index (χ0n) is 16.9. The second-order valence-corrected chi connectivity index (χ2v) is 8.19. The lowest BCUT2D eigenvalue weighted by molar-refractivity contribution is -0.146. The first-order chi connectivity index (χ1) is 13.9. The molecule has 29 heavy (non-hydrogen) atoms. The number of fused-ring (bicyclic) bond motifs is 1. The molecule has 2 aromatic rings. The van der Waals surface area contributed by atoms with E-state index in [-0.39, 0.29) is 13.0 Å². The molecule has 1 N–H and O–H groups in total. The highest BCUT2D eigenvalue weighted by molar-refractivity contribution is 7.17. The summed E-state index contributed by atoms with van der Waals surface area (Å²) in [6.07, 6.45) is 2.81. The van der Waals surface area contributed by atoms with Gasteiger partial charge < -0.3 is 14.8 Å². The number of carbonyl (C=O) groups is 3. The molecule has 1 aliphatic rings. The highest BCUT2D eigenvalue weighted by Crippen LogP contribution is 2.39. The number of carbonyl (C=O) groups excluding carboxylic acids is 3. The average molecular weight is 416 g/mol. The van der Waals surface area contributed by atoms with E-state index in [4.69, 9.17) is 9.47 Å². The number of aryl methyl sites for hydroxylation is 3. The smallest absolute Gasteiger partial charge is 0.341 e. The number of rotatable bonds is 7. The molecule has 0 radical (unpaired) electrons. The summed E-state index contributed by atoms with van der Waals surface area (Å²) in [5.41, 5.74) is 4.51. The van der Waals surface area contributed by atoms with Gasteiger partial charge in [0.1, 0.15) is 5.00 Å². The first-order valence-corrected chi connectivity index (χ1v) is 10.5. The summed E-state index contributed by atoms with van der Waals surface area (Å²) in [7, 11) is 0. The Morgan fingerprint density at radius 3 is 2.62 bits per heavy atom. The summed E-state index contributed by atoms with van der Waals surface area (Å²) in [4.78, 5) is 37.8. The second-order valence-electron chi connectivity index (χ2n) is 7.09. The first-order valence-electron chi connectivity index (χ1n) is 9.72. The van der Waals surface area contributed by atoms with Gasteiger partial charge in [0, 0.05) is 4.88 Å². The highest BCUT2D eigenvalue weighted by Gasteiger charge is 2.28. The van der Waals surface area contributed by atoms with Crippen molar-refractivity contribution in [3.63, 3.8) is 0 Å². The number of ether oxygens (including phenoxy) is 2. The lowest BCUT2D eigenvalue weighted by atomic mass is 10.0. The zero-order chi connectivity index (χ0) is 21.0. The number of hydrogen-bond acceptors (Lipinski definition) is 6. The molecule has 0 aliphatic heterocycles. The second kappa shape index (κ2) is 9.22. The molecule has 6 nitrogen and oxygen atoms in total. The summed E-state index contributed by atoms with van der Waals surface area (Å²) in [5, 5.41) is 3.19. The van der Waals surface area contributed by atoms with Crippen LogP contribution in [0.5, 0.6) is 0 Å². The SMILES string of the molecule is CCOC(=O)c1c(NC(=O)COC(=O)Cc2ccc(C)c(C)c2)sc2c1CCC2. The molecule has 0 unspecified atom stereocenters. The van der Waals surface area contributed by atoms with Crippen molar-refractivity contribution in [2.75, 3.05) is 18.5 Å². The predicted octanol–water partition coefficient (Wildman–Crippen LogP) is 3.75. The molecule has 154 valence electrons. The highest BCUT2D eigenvalue weighted by atomic mass is 32.1. The van der Waals surface area contributed by atoms with Gasteiger partial charge >= 0.3 is 11.9 Å². The van der Waals surface area contributed by atoms with Crippen LogP contribution in [0.15, 0.2) is 18.2 Å². The van der Waals surface area contributed by atoms with Gasteiger partial charge in [-0.2, -0.15) is 0 Å². The number of anilines is 1. The molecule has 1 heterocycles. The minimum Gasteiger partial charge on any atom is -0.462 e. The van der Waals surface area contributed by atoms with E-state index in [1.54, 1.807) is 6.92 Å². The third kappa shape index (κ3) is 5.03. The van der Waals surface area contributed by atoms with Gasteiger partial charge in [0.2, 0.25) is 0 Å². The summed E-state index contributed by atoms with van der Waals surface area (Å²) in [6.45, 7) is 5.61. The van der Waals surface area contributed by atoms with Gasteiger partial charge in [0.25, 0.3) is 5.91 Å². The molecule has 0 spiro atoms. The third-order valence-corrected chi connectivity index (χ3v) is 6.15.